The lowest BCUT2D eigenvalue weighted by Gasteiger charge is -2.46. The second-order valence-electron chi connectivity index (χ2n) is 8.51. The summed E-state index contributed by atoms with van der Waals surface area (Å²) in [5, 5.41) is 12.3. The highest BCUT2D eigenvalue weighted by Crippen LogP contribution is 2.44. The van der Waals surface area contributed by atoms with Gasteiger partial charge >= 0.3 is 5.97 Å². The van der Waals surface area contributed by atoms with E-state index in [0.29, 0.717) is 5.92 Å². The molecule has 3 fully saturated rings. The molecular weight excluding hydrogens is 347 g/mol. The van der Waals surface area contributed by atoms with Crippen molar-refractivity contribution >= 4 is 11.9 Å². The normalized spacial score (nSPS) is 26.1. The van der Waals surface area contributed by atoms with E-state index in [-0.39, 0.29) is 30.4 Å². The molecule has 0 saturated heterocycles. The molecule has 0 atom stereocenters. The maximum absolute atomic E-state index is 13.6. The van der Waals surface area contributed by atoms with Crippen LogP contribution in [0.15, 0.2) is 24.3 Å². The summed E-state index contributed by atoms with van der Waals surface area (Å²) in [6.07, 6.45) is 6.47. The van der Waals surface area contributed by atoms with Gasteiger partial charge in [0.2, 0.25) is 5.91 Å². The molecule has 1 aromatic rings. The SMILES string of the molecule is O=C(O)CN(CC1CC1)C1CC(NC(=O)C2(c3cccc(F)c3)CCC2)C1. The average Bonchev–Trinajstić information content (AvgIpc) is 3.32. The van der Waals surface area contributed by atoms with Crippen molar-refractivity contribution in [3.63, 3.8) is 0 Å². The van der Waals surface area contributed by atoms with Crippen LogP contribution in [-0.4, -0.2) is 47.1 Å². The van der Waals surface area contributed by atoms with Crippen molar-refractivity contribution in [1.82, 2.24) is 10.2 Å². The van der Waals surface area contributed by atoms with Crippen molar-refractivity contribution in [1.29, 1.82) is 0 Å². The van der Waals surface area contributed by atoms with Gasteiger partial charge in [0.05, 0.1) is 12.0 Å². The Kier molecular flexibility index (Phi) is 4.93. The minimum Gasteiger partial charge on any atom is -0.480 e. The fourth-order valence-corrected chi connectivity index (χ4v) is 4.44. The van der Waals surface area contributed by atoms with Crippen LogP contribution in [0.25, 0.3) is 0 Å². The first-order valence-electron chi connectivity index (χ1n) is 9.99. The highest BCUT2D eigenvalue weighted by atomic mass is 19.1. The molecule has 0 spiro atoms. The van der Waals surface area contributed by atoms with Gasteiger partial charge in [-0.2, -0.15) is 0 Å². The topological polar surface area (TPSA) is 69.6 Å². The van der Waals surface area contributed by atoms with E-state index >= 15 is 0 Å². The number of carbonyl (C=O) groups is 2. The predicted molar refractivity (Wildman–Crippen MR) is 98.8 cm³/mol. The summed E-state index contributed by atoms with van der Waals surface area (Å²) in [5.74, 6) is -0.457. The third-order valence-electron chi connectivity index (χ3n) is 6.51. The zero-order chi connectivity index (χ0) is 19.0. The largest absolute Gasteiger partial charge is 0.480 e. The Labute approximate surface area is 158 Å². The molecule has 0 aromatic heterocycles. The van der Waals surface area contributed by atoms with E-state index in [1.165, 1.54) is 25.0 Å². The van der Waals surface area contributed by atoms with Crippen LogP contribution >= 0.6 is 0 Å². The maximum atomic E-state index is 13.6. The monoisotopic (exact) mass is 374 g/mol. The number of halogens is 1. The third kappa shape index (κ3) is 3.86. The van der Waals surface area contributed by atoms with Crippen molar-refractivity contribution in [2.75, 3.05) is 13.1 Å². The molecule has 146 valence electrons. The third-order valence-corrected chi connectivity index (χ3v) is 6.51. The van der Waals surface area contributed by atoms with E-state index in [9.17, 15) is 14.0 Å². The molecule has 1 aromatic carbocycles. The van der Waals surface area contributed by atoms with E-state index in [2.05, 4.69) is 10.2 Å². The molecule has 3 saturated carbocycles. The number of carboxylic acid groups (broad SMARTS) is 1. The second kappa shape index (κ2) is 7.23. The summed E-state index contributed by atoms with van der Waals surface area (Å²) >= 11 is 0. The van der Waals surface area contributed by atoms with E-state index < -0.39 is 11.4 Å². The number of hydrogen-bond acceptors (Lipinski definition) is 3. The lowest BCUT2D eigenvalue weighted by Crippen LogP contribution is -2.59. The first kappa shape index (κ1) is 18.4. The number of hydrogen-bond donors (Lipinski definition) is 2. The van der Waals surface area contributed by atoms with E-state index in [1.54, 1.807) is 6.07 Å². The Hall–Kier alpha value is -1.95. The summed E-state index contributed by atoms with van der Waals surface area (Å²) in [5.41, 5.74) is 0.172. The molecule has 0 radical (unpaired) electrons. The van der Waals surface area contributed by atoms with Gasteiger partial charge in [-0.25, -0.2) is 4.39 Å². The van der Waals surface area contributed by atoms with E-state index in [4.69, 9.17) is 5.11 Å². The first-order valence-corrected chi connectivity index (χ1v) is 9.99. The number of amides is 1. The van der Waals surface area contributed by atoms with Crippen LogP contribution in [0.3, 0.4) is 0 Å². The first-order chi connectivity index (χ1) is 13.0. The number of rotatable bonds is 8. The Morgan fingerprint density at radius 2 is 2.00 bits per heavy atom. The van der Waals surface area contributed by atoms with Gasteiger partial charge in [-0.1, -0.05) is 18.6 Å². The van der Waals surface area contributed by atoms with Gasteiger partial charge in [-0.05, 0) is 62.1 Å². The highest BCUT2D eigenvalue weighted by Gasteiger charge is 2.47. The van der Waals surface area contributed by atoms with Gasteiger partial charge in [-0.15, -0.1) is 0 Å². The van der Waals surface area contributed by atoms with Crippen LogP contribution in [0.2, 0.25) is 0 Å². The molecule has 3 aliphatic carbocycles. The average molecular weight is 374 g/mol. The Balaban J connectivity index is 1.34. The van der Waals surface area contributed by atoms with Gasteiger partial charge in [0.25, 0.3) is 0 Å². The fraction of sp³-hybridized carbons (Fsp3) is 0.619. The molecule has 2 N–H and O–H groups in total. The summed E-state index contributed by atoms with van der Waals surface area (Å²) in [7, 11) is 0. The van der Waals surface area contributed by atoms with E-state index in [1.807, 2.05) is 6.07 Å². The van der Waals surface area contributed by atoms with Crippen molar-refractivity contribution in [2.45, 2.75) is 62.4 Å². The summed E-state index contributed by atoms with van der Waals surface area (Å²) < 4.78 is 13.6. The Morgan fingerprint density at radius 1 is 1.26 bits per heavy atom. The van der Waals surface area contributed by atoms with E-state index in [0.717, 1.165) is 44.2 Å². The number of nitrogens with zero attached hydrogens (tertiary/aromatic N) is 1. The number of carboxylic acids is 1. The van der Waals surface area contributed by atoms with Crippen LogP contribution in [0, 0.1) is 11.7 Å². The van der Waals surface area contributed by atoms with Gasteiger partial charge in [-0.3, -0.25) is 14.5 Å². The second-order valence-corrected chi connectivity index (χ2v) is 8.51. The molecule has 1 amide bonds. The van der Waals surface area contributed by atoms with Gasteiger partial charge in [0, 0.05) is 18.6 Å². The maximum Gasteiger partial charge on any atom is 0.317 e. The molecule has 0 heterocycles. The summed E-state index contributed by atoms with van der Waals surface area (Å²) in [6, 6.07) is 6.71. The predicted octanol–water partition coefficient (Wildman–Crippen LogP) is 2.69. The summed E-state index contributed by atoms with van der Waals surface area (Å²) in [6.45, 7) is 0.930. The Morgan fingerprint density at radius 3 is 2.56 bits per heavy atom. The standard InChI is InChI=1S/C21H27FN2O3/c22-16-4-1-3-15(9-16)21(7-2-8-21)20(27)23-17-10-18(11-17)24(13-19(25)26)12-14-5-6-14/h1,3-4,9,14,17-18H,2,5-8,10-13H2,(H,23,27)(H,25,26). The number of aliphatic carboxylic acids is 1. The molecular formula is C21H27FN2O3. The van der Waals surface area contributed by atoms with Gasteiger partial charge in [0.1, 0.15) is 5.82 Å². The Bertz CT molecular complexity index is 724. The fourth-order valence-electron chi connectivity index (χ4n) is 4.44. The van der Waals surface area contributed by atoms with Crippen molar-refractivity contribution in [2.24, 2.45) is 5.92 Å². The highest BCUT2D eigenvalue weighted by molar-refractivity contribution is 5.89. The molecule has 0 aliphatic heterocycles. The molecule has 27 heavy (non-hydrogen) atoms. The molecule has 0 unspecified atom stereocenters. The van der Waals surface area contributed by atoms with Crippen LogP contribution < -0.4 is 5.32 Å². The molecule has 4 rings (SSSR count). The molecule has 3 aliphatic rings. The number of nitrogens with one attached hydrogen (secondary N) is 1. The van der Waals surface area contributed by atoms with Crippen molar-refractivity contribution in [3.8, 4) is 0 Å². The van der Waals surface area contributed by atoms with Crippen molar-refractivity contribution in [3.05, 3.63) is 35.6 Å². The smallest absolute Gasteiger partial charge is 0.317 e. The van der Waals surface area contributed by atoms with Gasteiger partial charge in [0.15, 0.2) is 0 Å². The lowest BCUT2D eigenvalue weighted by atomic mass is 9.63. The quantitative estimate of drug-likeness (QED) is 0.734. The molecule has 6 heteroatoms. The molecule has 5 nitrogen and oxygen atoms in total. The zero-order valence-corrected chi connectivity index (χ0v) is 15.5. The van der Waals surface area contributed by atoms with Crippen LogP contribution in [0.1, 0.15) is 50.5 Å². The minimum absolute atomic E-state index is 0.00484. The van der Waals surface area contributed by atoms with Crippen LogP contribution in [-0.2, 0) is 15.0 Å². The zero-order valence-electron chi connectivity index (χ0n) is 15.5. The lowest BCUT2D eigenvalue weighted by molar-refractivity contribution is -0.140. The van der Waals surface area contributed by atoms with Crippen LogP contribution in [0.4, 0.5) is 4.39 Å². The number of benzene rings is 1. The van der Waals surface area contributed by atoms with Crippen molar-refractivity contribution < 1.29 is 19.1 Å². The minimum atomic E-state index is -0.789. The summed E-state index contributed by atoms with van der Waals surface area (Å²) in [4.78, 5) is 26.2. The van der Waals surface area contributed by atoms with Crippen LogP contribution in [0.5, 0.6) is 0 Å². The van der Waals surface area contributed by atoms with Gasteiger partial charge < -0.3 is 10.4 Å². The molecule has 0 bridgehead atoms. The number of carbonyl (C=O) groups excluding carboxylic acids is 1.